The van der Waals surface area contributed by atoms with Gasteiger partial charge in [0.25, 0.3) is 0 Å². The van der Waals surface area contributed by atoms with Crippen LogP contribution in [0.15, 0.2) is 23.8 Å². The molecule has 0 unspecified atom stereocenters. The summed E-state index contributed by atoms with van der Waals surface area (Å²) >= 11 is 0. The van der Waals surface area contributed by atoms with Crippen molar-refractivity contribution in [3.05, 3.63) is 23.8 Å². The summed E-state index contributed by atoms with van der Waals surface area (Å²) in [5.74, 6) is 1.43. The predicted molar refractivity (Wildman–Crippen MR) is 67.2 cm³/mol. The maximum absolute atomic E-state index is 11.1. The van der Waals surface area contributed by atoms with E-state index in [1.165, 1.54) is 50.5 Å². The molecule has 16 heavy (non-hydrogen) atoms. The van der Waals surface area contributed by atoms with Gasteiger partial charge >= 0.3 is 0 Å². The second-order valence-corrected chi connectivity index (χ2v) is 5.22. The summed E-state index contributed by atoms with van der Waals surface area (Å²) in [5.41, 5.74) is 2.64. The van der Waals surface area contributed by atoms with Crippen LogP contribution in [0.4, 0.5) is 0 Å². The summed E-state index contributed by atoms with van der Waals surface area (Å²) in [6.07, 6.45) is 13.0. The Morgan fingerprint density at radius 3 is 2.38 bits per heavy atom. The van der Waals surface area contributed by atoms with Gasteiger partial charge in [0.05, 0.1) is 0 Å². The summed E-state index contributed by atoms with van der Waals surface area (Å²) in [6, 6.07) is 0. The first-order valence-corrected chi connectivity index (χ1v) is 6.64. The van der Waals surface area contributed by atoms with Crippen molar-refractivity contribution in [1.29, 1.82) is 0 Å². The zero-order chi connectivity index (χ0) is 11.4. The van der Waals surface area contributed by atoms with E-state index in [1.807, 2.05) is 0 Å². The first kappa shape index (κ1) is 11.6. The second-order valence-electron chi connectivity index (χ2n) is 5.22. The van der Waals surface area contributed by atoms with Crippen molar-refractivity contribution in [2.75, 3.05) is 0 Å². The van der Waals surface area contributed by atoms with E-state index in [2.05, 4.69) is 12.7 Å². The minimum absolute atomic E-state index is 0.705. The molecule has 1 fully saturated rings. The molecule has 0 spiro atoms. The molecule has 2 aliphatic rings. The molecular weight excluding hydrogens is 196 g/mol. The molecule has 1 saturated carbocycles. The number of hydrogen-bond acceptors (Lipinski definition) is 1. The quantitative estimate of drug-likeness (QED) is 0.516. The Labute approximate surface area is 98.6 Å². The SMILES string of the molecule is C=CC1CCC(C2=C(C=O)CCCC2)CC1. The molecule has 88 valence electrons. The van der Waals surface area contributed by atoms with Gasteiger partial charge in [-0.2, -0.15) is 0 Å². The fourth-order valence-corrected chi connectivity index (χ4v) is 3.26. The normalized spacial score (nSPS) is 31.2. The van der Waals surface area contributed by atoms with Gasteiger partial charge in [0.1, 0.15) is 6.29 Å². The van der Waals surface area contributed by atoms with Crippen LogP contribution in [0.1, 0.15) is 51.4 Å². The van der Waals surface area contributed by atoms with Gasteiger partial charge in [-0.15, -0.1) is 6.58 Å². The maximum atomic E-state index is 11.1. The molecular formula is C15H22O. The molecule has 0 heterocycles. The third-order valence-corrected chi connectivity index (χ3v) is 4.29. The molecule has 0 aromatic rings. The third-order valence-electron chi connectivity index (χ3n) is 4.29. The van der Waals surface area contributed by atoms with Crippen molar-refractivity contribution in [2.45, 2.75) is 51.4 Å². The maximum Gasteiger partial charge on any atom is 0.145 e. The smallest absolute Gasteiger partial charge is 0.145 e. The van der Waals surface area contributed by atoms with Gasteiger partial charge in [-0.25, -0.2) is 0 Å². The lowest BCUT2D eigenvalue weighted by molar-refractivity contribution is -0.105. The molecule has 1 heteroatoms. The van der Waals surface area contributed by atoms with Gasteiger partial charge in [-0.3, -0.25) is 4.79 Å². The Morgan fingerprint density at radius 2 is 1.75 bits per heavy atom. The highest BCUT2D eigenvalue weighted by Crippen LogP contribution is 2.39. The van der Waals surface area contributed by atoms with E-state index >= 15 is 0 Å². The zero-order valence-electron chi connectivity index (χ0n) is 10.1. The number of hydrogen-bond donors (Lipinski definition) is 0. The molecule has 1 nitrogen and oxygen atoms in total. The molecule has 0 amide bonds. The van der Waals surface area contributed by atoms with E-state index in [-0.39, 0.29) is 0 Å². The Morgan fingerprint density at radius 1 is 1.06 bits per heavy atom. The highest BCUT2D eigenvalue weighted by Gasteiger charge is 2.25. The van der Waals surface area contributed by atoms with Crippen molar-refractivity contribution in [3.63, 3.8) is 0 Å². The molecule has 0 aromatic heterocycles. The fraction of sp³-hybridized carbons (Fsp3) is 0.667. The Balaban J connectivity index is 2.04. The molecule has 2 rings (SSSR count). The van der Waals surface area contributed by atoms with E-state index in [1.54, 1.807) is 0 Å². The first-order valence-electron chi connectivity index (χ1n) is 6.64. The van der Waals surface area contributed by atoms with Crippen molar-refractivity contribution in [1.82, 2.24) is 0 Å². The summed E-state index contributed by atoms with van der Waals surface area (Å²) in [6.45, 7) is 3.88. The van der Waals surface area contributed by atoms with Crippen LogP contribution < -0.4 is 0 Å². The average molecular weight is 218 g/mol. The zero-order valence-corrected chi connectivity index (χ0v) is 10.1. The average Bonchev–Trinajstić information content (AvgIpc) is 2.39. The lowest BCUT2D eigenvalue weighted by Crippen LogP contribution is -2.18. The number of allylic oxidation sites excluding steroid dienone is 3. The summed E-state index contributed by atoms with van der Waals surface area (Å²) in [5, 5.41) is 0. The standard InChI is InChI=1S/C15H22O/c1-2-12-7-9-13(10-8-12)15-6-4-3-5-14(15)11-16/h2,11-13H,1,3-10H2. The molecule has 0 aliphatic heterocycles. The fourth-order valence-electron chi connectivity index (χ4n) is 3.26. The van der Waals surface area contributed by atoms with Crippen LogP contribution in [0, 0.1) is 11.8 Å². The van der Waals surface area contributed by atoms with E-state index in [4.69, 9.17) is 0 Å². The summed E-state index contributed by atoms with van der Waals surface area (Å²) in [7, 11) is 0. The lowest BCUT2D eigenvalue weighted by atomic mass is 9.74. The van der Waals surface area contributed by atoms with Crippen molar-refractivity contribution < 1.29 is 4.79 Å². The van der Waals surface area contributed by atoms with Crippen molar-refractivity contribution in [2.24, 2.45) is 11.8 Å². The van der Waals surface area contributed by atoms with Gasteiger partial charge < -0.3 is 0 Å². The third kappa shape index (κ3) is 2.45. The van der Waals surface area contributed by atoms with Crippen LogP contribution in [-0.4, -0.2) is 6.29 Å². The summed E-state index contributed by atoms with van der Waals surface area (Å²) in [4.78, 5) is 11.1. The largest absolute Gasteiger partial charge is 0.298 e. The Bertz CT molecular complexity index is 293. The van der Waals surface area contributed by atoms with Crippen molar-refractivity contribution >= 4 is 6.29 Å². The topological polar surface area (TPSA) is 17.1 Å². The molecule has 0 radical (unpaired) electrons. The van der Waals surface area contributed by atoms with Gasteiger partial charge in [0, 0.05) is 0 Å². The number of rotatable bonds is 3. The number of carbonyl (C=O) groups is 1. The molecule has 0 N–H and O–H groups in total. The predicted octanol–water partition coefficient (Wildman–Crippen LogP) is 4.05. The highest BCUT2D eigenvalue weighted by molar-refractivity contribution is 5.75. The van der Waals surface area contributed by atoms with Crippen LogP contribution in [0.25, 0.3) is 0 Å². The number of carbonyl (C=O) groups excluding carboxylic acids is 1. The van der Waals surface area contributed by atoms with Crippen LogP contribution in [0.2, 0.25) is 0 Å². The van der Waals surface area contributed by atoms with Gasteiger partial charge in [-0.05, 0) is 68.8 Å². The Kier molecular flexibility index (Phi) is 3.98. The lowest BCUT2D eigenvalue weighted by Gasteiger charge is -2.31. The minimum atomic E-state index is 0.705. The minimum Gasteiger partial charge on any atom is -0.298 e. The van der Waals surface area contributed by atoms with Gasteiger partial charge in [0.2, 0.25) is 0 Å². The van der Waals surface area contributed by atoms with Crippen LogP contribution in [-0.2, 0) is 4.79 Å². The summed E-state index contributed by atoms with van der Waals surface area (Å²) < 4.78 is 0. The molecule has 0 aromatic carbocycles. The van der Waals surface area contributed by atoms with Crippen LogP contribution in [0.5, 0.6) is 0 Å². The van der Waals surface area contributed by atoms with E-state index in [0.717, 1.165) is 24.2 Å². The van der Waals surface area contributed by atoms with Gasteiger partial charge in [-0.1, -0.05) is 11.6 Å². The molecule has 0 bridgehead atoms. The van der Waals surface area contributed by atoms with Crippen LogP contribution in [0.3, 0.4) is 0 Å². The second kappa shape index (κ2) is 5.47. The van der Waals surface area contributed by atoms with E-state index in [0.29, 0.717) is 5.92 Å². The molecule has 2 aliphatic carbocycles. The monoisotopic (exact) mass is 218 g/mol. The molecule has 0 atom stereocenters. The number of aldehydes is 1. The Hall–Kier alpha value is -0.850. The van der Waals surface area contributed by atoms with Gasteiger partial charge in [0.15, 0.2) is 0 Å². The first-order chi connectivity index (χ1) is 7.85. The highest BCUT2D eigenvalue weighted by atomic mass is 16.1. The van der Waals surface area contributed by atoms with Crippen molar-refractivity contribution in [3.8, 4) is 0 Å². The van der Waals surface area contributed by atoms with Crippen LogP contribution >= 0.6 is 0 Å². The van der Waals surface area contributed by atoms with E-state index < -0.39 is 0 Å². The molecule has 0 saturated heterocycles. The van der Waals surface area contributed by atoms with E-state index in [9.17, 15) is 4.79 Å².